The van der Waals surface area contributed by atoms with E-state index in [9.17, 15) is 4.79 Å². The van der Waals surface area contributed by atoms with Crippen LogP contribution in [0.4, 0.5) is 0 Å². The molecular weight excluding hydrogens is 350 g/mol. The average molecular weight is 382 g/mol. The number of ketones is 1. The van der Waals surface area contributed by atoms with E-state index in [-0.39, 0.29) is 16.9 Å². The highest BCUT2D eigenvalue weighted by Gasteiger charge is 2.69. The summed E-state index contributed by atoms with van der Waals surface area (Å²) in [6.07, 6.45) is 6.97. The molecule has 28 heavy (non-hydrogen) atoms. The second-order valence-corrected chi connectivity index (χ2v) is 10.5. The number of likely N-dealkylation sites (tertiary alicyclic amines) is 1. The Morgan fingerprint density at radius 2 is 2.11 bits per heavy atom. The van der Waals surface area contributed by atoms with E-state index in [2.05, 4.69) is 24.8 Å². The van der Waals surface area contributed by atoms with Crippen LogP contribution in [0.15, 0.2) is 12.1 Å². The molecule has 150 valence electrons. The number of nitrogens with zero attached hydrogens (tertiary/aromatic N) is 1. The van der Waals surface area contributed by atoms with Gasteiger partial charge in [0.15, 0.2) is 23.4 Å². The molecule has 1 unspecified atom stereocenters. The van der Waals surface area contributed by atoms with Crippen LogP contribution in [-0.4, -0.2) is 43.0 Å². The molecule has 3 aliphatic carbocycles. The van der Waals surface area contributed by atoms with Gasteiger partial charge in [0, 0.05) is 29.0 Å². The van der Waals surface area contributed by atoms with Gasteiger partial charge in [-0.25, -0.2) is 0 Å². The van der Waals surface area contributed by atoms with E-state index in [0.717, 1.165) is 43.2 Å². The molecule has 3 fully saturated rings. The maximum atomic E-state index is 13.5. The highest BCUT2D eigenvalue weighted by molar-refractivity contribution is 5.93. The summed E-state index contributed by atoms with van der Waals surface area (Å²) >= 11 is 0. The fourth-order valence-electron chi connectivity index (χ4n) is 7.17. The second-order valence-electron chi connectivity index (χ2n) is 10.5. The van der Waals surface area contributed by atoms with Crippen molar-refractivity contribution in [2.45, 2.75) is 69.9 Å². The summed E-state index contributed by atoms with van der Waals surface area (Å²) in [7, 11) is 1.71. The minimum absolute atomic E-state index is 0.134. The Bertz CT molecular complexity index is 858. The van der Waals surface area contributed by atoms with Crippen molar-refractivity contribution in [2.75, 3.05) is 20.2 Å². The Balaban J connectivity index is 1.51. The van der Waals surface area contributed by atoms with Crippen molar-refractivity contribution in [1.29, 1.82) is 0 Å². The molecule has 2 bridgehead atoms. The van der Waals surface area contributed by atoms with Gasteiger partial charge in [-0.15, -0.1) is 0 Å². The lowest BCUT2D eigenvalue weighted by atomic mass is 9.47. The standard InChI is InChI=1S/C24H31NO3/c1-23(2)12-16-17-11-15-7-8-18(27-3)20-19(15)24(16,22(28-20)21(23)26)9-10-25(17)13-14-5-4-6-14/h7-8,14,16-17,22H,4-6,9-13H2,1-3H3/t16?,17-,22+,24+/m1/s1. The second kappa shape index (κ2) is 5.53. The largest absolute Gasteiger partial charge is 0.493 e. The van der Waals surface area contributed by atoms with Crippen molar-refractivity contribution < 1.29 is 14.3 Å². The number of rotatable bonds is 3. The number of Topliss-reactive ketones (excluding diaryl/α,β-unsaturated/α-hetero) is 1. The molecule has 1 spiro atoms. The highest BCUT2D eigenvalue weighted by atomic mass is 16.5. The van der Waals surface area contributed by atoms with Gasteiger partial charge in [-0.05, 0) is 62.1 Å². The van der Waals surface area contributed by atoms with Gasteiger partial charge in [-0.2, -0.15) is 0 Å². The molecule has 4 atom stereocenters. The lowest BCUT2D eigenvalue weighted by Crippen LogP contribution is -2.69. The van der Waals surface area contributed by atoms with Crippen molar-refractivity contribution in [3.05, 3.63) is 23.3 Å². The van der Waals surface area contributed by atoms with Crippen LogP contribution >= 0.6 is 0 Å². The summed E-state index contributed by atoms with van der Waals surface area (Å²) in [4.78, 5) is 16.3. The van der Waals surface area contributed by atoms with Crippen LogP contribution in [0.5, 0.6) is 11.5 Å². The Morgan fingerprint density at radius 3 is 2.82 bits per heavy atom. The molecule has 4 nitrogen and oxygen atoms in total. The Kier molecular flexibility index (Phi) is 3.42. The third kappa shape index (κ3) is 1.98. The molecule has 0 radical (unpaired) electrons. The van der Waals surface area contributed by atoms with Crippen LogP contribution in [0.2, 0.25) is 0 Å². The van der Waals surface area contributed by atoms with E-state index in [1.54, 1.807) is 7.11 Å². The molecule has 6 rings (SSSR count). The molecule has 1 aromatic carbocycles. The number of hydrogen-bond acceptors (Lipinski definition) is 4. The van der Waals surface area contributed by atoms with E-state index in [1.807, 2.05) is 6.07 Å². The van der Waals surface area contributed by atoms with Crippen LogP contribution in [0.1, 0.15) is 57.1 Å². The smallest absolute Gasteiger partial charge is 0.179 e. The van der Waals surface area contributed by atoms with E-state index < -0.39 is 0 Å². The van der Waals surface area contributed by atoms with Crippen molar-refractivity contribution in [2.24, 2.45) is 17.3 Å². The van der Waals surface area contributed by atoms with Crippen molar-refractivity contribution in [3.63, 3.8) is 0 Å². The van der Waals surface area contributed by atoms with E-state index in [4.69, 9.17) is 9.47 Å². The molecule has 1 aromatic rings. The minimum Gasteiger partial charge on any atom is -0.493 e. The van der Waals surface area contributed by atoms with Gasteiger partial charge in [0.25, 0.3) is 0 Å². The van der Waals surface area contributed by atoms with Crippen LogP contribution in [0.3, 0.4) is 0 Å². The lowest BCUT2D eigenvalue weighted by molar-refractivity contribution is -0.153. The first-order valence-electron chi connectivity index (χ1n) is 11.1. The fourth-order valence-corrected chi connectivity index (χ4v) is 7.17. The van der Waals surface area contributed by atoms with E-state index >= 15 is 0 Å². The lowest BCUT2D eigenvalue weighted by Gasteiger charge is -2.60. The molecule has 4 heteroatoms. The summed E-state index contributed by atoms with van der Waals surface area (Å²) in [5.41, 5.74) is 2.27. The summed E-state index contributed by atoms with van der Waals surface area (Å²) < 4.78 is 12.2. The van der Waals surface area contributed by atoms with Crippen molar-refractivity contribution in [3.8, 4) is 11.5 Å². The van der Waals surface area contributed by atoms with Gasteiger partial charge in [-0.1, -0.05) is 26.3 Å². The third-order valence-corrected chi connectivity index (χ3v) is 8.79. The molecule has 2 aliphatic heterocycles. The average Bonchev–Trinajstić information content (AvgIpc) is 2.97. The number of methoxy groups -OCH3 is 1. The van der Waals surface area contributed by atoms with Gasteiger partial charge in [0.2, 0.25) is 0 Å². The van der Waals surface area contributed by atoms with Gasteiger partial charge in [-0.3, -0.25) is 9.69 Å². The predicted octanol–water partition coefficient (Wildman–Crippen LogP) is 3.74. The summed E-state index contributed by atoms with van der Waals surface area (Å²) in [6.45, 7) is 6.61. The zero-order valence-corrected chi connectivity index (χ0v) is 17.3. The molecule has 1 saturated heterocycles. The van der Waals surface area contributed by atoms with Crippen LogP contribution in [0, 0.1) is 17.3 Å². The normalized spacial score (nSPS) is 37.8. The van der Waals surface area contributed by atoms with Gasteiger partial charge >= 0.3 is 0 Å². The minimum atomic E-state index is -0.333. The van der Waals surface area contributed by atoms with Crippen molar-refractivity contribution >= 4 is 5.78 Å². The number of benzene rings is 1. The first-order valence-corrected chi connectivity index (χ1v) is 11.1. The molecule has 0 aromatic heterocycles. The molecule has 2 saturated carbocycles. The Labute approximate surface area is 167 Å². The summed E-state index contributed by atoms with van der Waals surface area (Å²) in [5.74, 6) is 3.34. The maximum absolute atomic E-state index is 13.5. The SMILES string of the molecule is COc1ccc2c3c1O[C@H]1C(=O)C(C)(C)CC4[C@@H](C2)N(CC2CCC2)CC[C@@]341. The van der Waals surface area contributed by atoms with E-state index in [0.29, 0.717) is 17.7 Å². The number of hydrogen-bond donors (Lipinski definition) is 0. The maximum Gasteiger partial charge on any atom is 0.179 e. The number of piperidine rings is 1. The van der Waals surface area contributed by atoms with Gasteiger partial charge in [0.1, 0.15) is 0 Å². The zero-order valence-electron chi connectivity index (χ0n) is 17.3. The molecule has 5 aliphatic rings. The molecular formula is C24H31NO3. The van der Waals surface area contributed by atoms with Gasteiger partial charge < -0.3 is 9.47 Å². The third-order valence-electron chi connectivity index (χ3n) is 8.79. The summed E-state index contributed by atoms with van der Waals surface area (Å²) in [5, 5.41) is 0. The first kappa shape index (κ1) is 17.3. The van der Waals surface area contributed by atoms with Crippen LogP contribution in [0.25, 0.3) is 0 Å². The summed E-state index contributed by atoms with van der Waals surface area (Å²) in [6, 6.07) is 4.83. The van der Waals surface area contributed by atoms with Gasteiger partial charge in [0.05, 0.1) is 7.11 Å². The number of carbonyl (C=O) groups is 1. The number of carbonyl (C=O) groups excluding carboxylic acids is 1. The Hall–Kier alpha value is -1.55. The van der Waals surface area contributed by atoms with Crippen LogP contribution < -0.4 is 9.47 Å². The van der Waals surface area contributed by atoms with Crippen LogP contribution in [-0.2, 0) is 16.6 Å². The first-order chi connectivity index (χ1) is 13.5. The quantitative estimate of drug-likeness (QED) is 0.800. The monoisotopic (exact) mass is 381 g/mol. The highest BCUT2D eigenvalue weighted by Crippen LogP contribution is 2.65. The number of ether oxygens (including phenoxy) is 2. The molecule has 0 N–H and O–H groups in total. The predicted molar refractivity (Wildman–Crippen MR) is 107 cm³/mol. The topological polar surface area (TPSA) is 38.8 Å². The van der Waals surface area contributed by atoms with E-state index in [1.165, 1.54) is 36.9 Å². The van der Waals surface area contributed by atoms with Crippen molar-refractivity contribution in [1.82, 2.24) is 4.90 Å². The fraction of sp³-hybridized carbons (Fsp3) is 0.708. The zero-order chi connectivity index (χ0) is 19.3. The molecule has 2 heterocycles. The molecule has 0 amide bonds. The Morgan fingerprint density at radius 1 is 1.29 bits per heavy atom.